The van der Waals surface area contributed by atoms with Gasteiger partial charge in [0, 0.05) is 28.5 Å². The Kier molecular flexibility index (Phi) is 2.98. The van der Waals surface area contributed by atoms with Gasteiger partial charge in [0.25, 0.3) is 0 Å². The summed E-state index contributed by atoms with van der Waals surface area (Å²) in [6.07, 6.45) is 6.96. The summed E-state index contributed by atoms with van der Waals surface area (Å²) in [4.78, 5) is 0. The summed E-state index contributed by atoms with van der Waals surface area (Å²) in [5.41, 5.74) is 7.49. The summed E-state index contributed by atoms with van der Waals surface area (Å²) in [5, 5.41) is 3.94. The highest BCUT2D eigenvalue weighted by Gasteiger charge is 2.72. The lowest BCUT2D eigenvalue weighted by molar-refractivity contribution is 0.263. The fraction of sp³-hybridized carbons (Fsp3) is 0.455. The van der Waals surface area contributed by atoms with Crippen molar-refractivity contribution in [3.8, 4) is 0 Å². The standard InChI is InChI=1S/C22H27N/c1-14-10-6-7-11-17(14)15(2)20-22(5)16(3)21(22,4)18-12-8-9-13-19(18)23-20/h6-8,10-12,15,20,23H,3,9,13H2,1-2,4-5H3/t15-,20?,21?,22?/m1/s1. The van der Waals surface area contributed by atoms with Crippen molar-refractivity contribution in [1.29, 1.82) is 0 Å². The minimum Gasteiger partial charge on any atom is -0.384 e. The Morgan fingerprint density at radius 1 is 1.26 bits per heavy atom. The molecule has 1 aromatic carbocycles. The van der Waals surface area contributed by atoms with Crippen LogP contribution >= 0.6 is 0 Å². The molecule has 1 aromatic rings. The highest BCUT2D eigenvalue weighted by atomic mass is 15.0. The number of hydrogen-bond acceptors (Lipinski definition) is 1. The lowest BCUT2D eigenvalue weighted by Gasteiger charge is -2.41. The van der Waals surface area contributed by atoms with Gasteiger partial charge in [-0.3, -0.25) is 0 Å². The Morgan fingerprint density at radius 2 is 2.00 bits per heavy atom. The molecule has 1 fully saturated rings. The SMILES string of the molecule is C=C1C2(C)C3=C(CCC=C3)NC([C@H](C)c3ccccc3C)C12C. The van der Waals surface area contributed by atoms with Crippen molar-refractivity contribution in [2.24, 2.45) is 10.8 Å². The number of nitrogens with one attached hydrogen (secondary N) is 1. The topological polar surface area (TPSA) is 12.0 Å². The first kappa shape index (κ1) is 14.8. The van der Waals surface area contributed by atoms with Crippen LogP contribution in [0.4, 0.5) is 0 Å². The van der Waals surface area contributed by atoms with E-state index in [2.05, 4.69) is 76.0 Å². The van der Waals surface area contributed by atoms with Crippen LogP contribution in [-0.4, -0.2) is 6.04 Å². The van der Waals surface area contributed by atoms with Gasteiger partial charge in [0.15, 0.2) is 0 Å². The molecule has 0 saturated heterocycles. The van der Waals surface area contributed by atoms with Crippen LogP contribution in [0.25, 0.3) is 0 Å². The average molecular weight is 305 g/mol. The third-order valence-corrected chi connectivity index (χ3v) is 7.05. The van der Waals surface area contributed by atoms with Crippen molar-refractivity contribution in [3.05, 3.63) is 71.0 Å². The Bertz CT molecular complexity index is 753. The predicted octanol–water partition coefficient (Wildman–Crippen LogP) is 5.26. The molecule has 1 saturated carbocycles. The monoisotopic (exact) mass is 305 g/mol. The molecule has 0 amide bonds. The first-order valence-corrected chi connectivity index (χ1v) is 8.84. The Balaban J connectivity index is 1.79. The van der Waals surface area contributed by atoms with Crippen molar-refractivity contribution in [2.45, 2.75) is 52.5 Å². The van der Waals surface area contributed by atoms with Gasteiger partial charge in [-0.2, -0.15) is 0 Å². The van der Waals surface area contributed by atoms with Crippen molar-refractivity contribution in [3.63, 3.8) is 0 Å². The molecule has 1 heteroatoms. The van der Waals surface area contributed by atoms with Crippen LogP contribution in [0, 0.1) is 17.8 Å². The third kappa shape index (κ3) is 1.68. The molecule has 0 radical (unpaired) electrons. The zero-order chi connectivity index (χ0) is 16.4. The van der Waals surface area contributed by atoms with Gasteiger partial charge in [-0.25, -0.2) is 0 Å². The van der Waals surface area contributed by atoms with E-state index in [9.17, 15) is 0 Å². The normalized spacial score (nSPS) is 36.2. The van der Waals surface area contributed by atoms with E-state index in [-0.39, 0.29) is 10.8 Å². The molecule has 0 aromatic heterocycles. The number of benzene rings is 1. The number of allylic oxidation sites excluding steroid dienone is 4. The Hall–Kier alpha value is -1.76. The van der Waals surface area contributed by atoms with Crippen LogP contribution in [0.2, 0.25) is 0 Å². The molecule has 0 spiro atoms. The maximum absolute atomic E-state index is 4.49. The van der Waals surface area contributed by atoms with Crippen molar-refractivity contribution in [2.75, 3.05) is 0 Å². The molecule has 0 bridgehead atoms. The summed E-state index contributed by atoms with van der Waals surface area (Å²) >= 11 is 0. The lowest BCUT2D eigenvalue weighted by atomic mass is 9.72. The first-order chi connectivity index (χ1) is 10.9. The molecule has 2 aliphatic carbocycles. The molecule has 120 valence electrons. The third-order valence-electron chi connectivity index (χ3n) is 7.05. The second kappa shape index (κ2) is 4.63. The molecule has 1 N–H and O–H groups in total. The van der Waals surface area contributed by atoms with Crippen LogP contribution in [-0.2, 0) is 0 Å². The zero-order valence-electron chi connectivity index (χ0n) is 14.7. The predicted molar refractivity (Wildman–Crippen MR) is 97.3 cm³/mol. The van der Waals surface area contributed by atoms with Gasteiger partial charge in [-0.15, -0.1) is 0 Å². The Labute approximate surface area is 140 Å². The zero-order valence-corrected chi connectivity index (χ0v) is 14.7. The van der Waals surface area contributed by atoms with Crippen LogP contribution in [0.3, 0.4) is 0 Å². The molecular weight excluding hydrogens is 278 g/mol. The van der Waals surface area contributed by atoms with Crippen molar-refractivity contribution < 1.29 is 0 Å². The smallest absolute Gasteiger partial charge is 0.0427 e. The van der Waals surface area contributed by atoms with Gasteiger partial charge in [0.05, 0.1) is 0 Å². The summed E-state index contributed by atoms with van der Waals surface area (Å²) in [6, 6.07) is 9.24. The number of fused-ring (bicyclic) bond motifs is 2. The maximum atomic E-state index is 4.49. The highest BCUT2D eigenvalue weighted by molar-refractivity contribution is 5.61. The lowest BCUT2D eigenvalue weighted by Crippen LogP contribution is -2.46. The maximum Gasteiger partial charge on any atom is 0.0427 e. The second-order valence-electron chi connectivity index (χ2n) is 7.91. The van der Waals surface area contributed by atoms with E-state index in [4.69, 9.17) is 0 Å². The molecule has 23 heavy (non-hydrogen) atoms. The van der Waals surface area contributed by atoms with E-state index in [1.807, 2.05) is 0 Å². The van der Waals surface area contributed by atoms with E-state index in [1.54, 1.807) is 0 Å². The number of aryl methyl sites for hydroxylation is 1. The summed E-state index contributed by atoms with van der Waals surface area (Å²) in [7, 11) is 0. The highest BCUT2D eigenvalue weighted by Crippen LogP contribution is 2.76. The van der Waals surface area contributed by atoms with Gasteiger partial charge in [0.1, 0.15) is 0 Å². The minimum atomic E-state index is 0.145. The van der Waals surface area contributed by atoms with E-state index in [0.29, 0.717) is 12.0 Å². The molecule has 1 heterocycles. The van der Waals surface area contributed by atoms with Crippen LogP contribution in [0.1, 0.15) is 50.7 Å². The second-order valence-corrected chi connectivity index (χ2v) is 7.91. The molecular formula is C22H27N. The summed E-state index contributed by atoms with van der Waals surface area (Å²) in [5.74, 6) is 0.472. The number of hydrogen-bond donors (Lipinski definition) is 1. The quantitative estimate of drug-likeness (QED) is 0.735. The van der Waals surface area contributed by atoms with E-state index < -0.39 is 0 Å². The van der Waals surface area contributed by atoms with Gasteiger partial charge in [-0.1, -0.05) is 69.3 Å². The fourth-order valence-electron chi connectivity index (χ4n) is 5.26. The van der Waals surface area contributed by atoms with Gasteiger partial charge >= 0.3 is 0 Å². The average Bonchev–Trinajstić information content (AvgIpc) is 3.02. The van der Waals surface area contributed by atoms with E-state index >= 15 is 0 Å². The Morgan fingerprint density at radius 3 is 2.74 bits per heavy atom. The largest absolute Gasteiger partial charge is 0.384 e. The van der Waals surface area contributed by atoms with E-state index in [1.165, 1.54) is 28.0 Å². The van der Waals surface area contributed by atoms with Crippen LogP contribution < -0.4 is 5.32 Å². The van der Waals surface area contributed by atoms with Crippen molar-refractivity contribution >= 4 is 0 Å². The van der Waals surface area contributed by atoms with Crippen LogP contribution in [0.5, 0.6) is 0 Å². The summed E-state index contributed by atoms with van der Waals surface area (Å²) < 4.78 is 0. The van der Waals surface area contributed by atoms with Crippen molar-refractivity contribution in [1.82, 2.24) is 5.32 Å². The molecule has 3 aliphatic rings. The van der Waals surface area contributed by atoms with E-state index in [0.717, 1.165) is 12.8 Å². The summed E-state index contributed by atoms with van der Waals surface area (Å²) in [6.45, 7) is 13.9. The van der Waals surface area contributed by atoms with Crippen LogP contribution in [0.15, 0.2) is 59.8 Å². The fourth-order valence-corrected chi connectivity index (χ4v) is 5.26. The molecule has 4 atom stereocenters. The minimum absolute atomic E-state index is 0.145. The van der Waals surface area contributed by atoms with Gasteiger partial charge < -0.3 is 5.32 Å². The first-order valence-electron chi connectivity index (χ1n) is 8.84. The molecule has 4 rings (SSSR count). The molecule has 1 nitrogen and oxygen atoms in total. The molecule has 1 aliphatic heterocycles. The molecule has 3 unspecified atom stereocenters. The van der Waals surface area contributed by atoms with Gasteiger partial charge in [0.2, 0.25) is 0 Å². The number of rotatable bonds is 2. The van der Waals surface area contributed by atoms with Gasteiger partial charge in [-0.05, 0) is 36.5 Å².